The van der Waals surface area contributed by atoms with E-state index in [9.17, 15) is 20.2 Å². The van der Waals surface area contributed by atoms with Gasteiger partial charge in [0.2, 0.25) is 0 Å². The number of nitrogens with zero attached hydrogens (tertiary/aromatic N) is 3. The first-order valence-corrected chi connectivity index (χ1v) is 9.65. The molecule has 0 atom stereocenters. The molecule has 0 saturated carbocycles. The first-order valence-electron chi connectivity index (χ1n) is 9.65. The molecule has 31 heavy (non-hydrogen) atoms. The Balaban J connectivity index is 1.96. The summed E-state index contributed by atoms with van der Waals surface area (Å²) in [4.78, 5) is 23.4. The van der Waals surface area contributed by atoms with Crippen LogP contribution in [0.4, 0.5) is 11.4 Å². The lowest BCUT2D eigenvalue weighted by Gasteiger charge is -2.09. The van der Waals surface area contributed by atoms with Crippen molar-refractivity contribution in [1.82, 2.24) is 4.57 Å². The van der Waals surface area contributed by atoms with Gasteiger partial charge in [0.1, 0.15) is 11.6 Å². The number of benzene rings is 2. The highest BCUT2D eigenvalue weighted by Gasteiger charge is 2.15. The molecule has 1 heterocycles. The highest BCUT2D eigenvalue weighted by atomic mass is 16.6. The zero-order valence-electron chi connectivity index (χ0n) is 17.8. The summed E-state index contributed by atoms with van der Waals surface area (Å²) in [6.07, 6.45) is 1.54. The molecule has 0 aliphatic heterocycles. The predicted molar refractivity (Wildman–Crippen MR) is 120 cm³/mol. The molecule has 1 aromatic heterocycles. The molecular formula is C24H22N4O3. The number of carbonyl (C=O) groups is 1. The molecule has 3 aromatic rings. The predicted octanol–water partition coefficient (Wildman–Crippen LogP) is 5.16. The molecule has 7 heteroatoms. The first-order chi connectivity index (χ1) is 14.7. The minimum Gasteiger partial charge on any atom is -0.321 e. The number of aromatic nitrogens is 1. The third-order valence-electron chi connectivity index (χ3n) is 4.91. The van der Waals surface area contributed by atoms with Gasteiger partial charge < -0.3 is 9.88 Å². The molecule has 0 spiro atoms. The van der Waals surface area contributed by atoms with Crippen LogP contribution in [0.1, 0.15) is 28.1 Å². The molecule has 3 rings (SSSR count). The molecule has 0 aliphatic rings. The number of hydrogen-bond donors (Lipinski definition) is 1. The Morgan fingerprint density at radius 2 is 1.77 bits per heavy atom. The van der Waals surface area contributed by atoms with Gasteiger partial charge in [-0.3, -0.25) is 14.9 Å². The second-order valence-corrected chi connectivity index (χ2v) is 7.44. The summed E-state index contributed by atoms with van der Waals surface area (Å²) in [6.45, 7) is 7.58. The minimum absolute atomic E-state index is 0.00682. The van der Waals surface area contributed by atoms with E-state index < -0.39 is 10.8 Å². The van der Waals surface area contributed by atoms with Crippen molar-refractivity contribution in [2.45, 2.75) is 27.7 Å². The maximum atomic E-state index is 12.7. The van der Waals surface area contributed by atoms with Gasteiger partial charge >= 0.3 is 0 Å². The second-order valence-electron chi connectivity index (χ2n) is 7.44. The Morgan fingerprint density at radius 1 is 1.10 bits per heavy atom. The van der Waals surface area contributed by atoms with E-state index in [2.05, 4.69) is 5.32 Å². The average Bonchev–Trinajstić information content (AvgIpc) is 2.98. The summed E-state index contributed by atoms with van der Waals surface area (Å²) in [6, 6.07) is 15.8. The number of amides is 1. The number of anilines is 1. The lowest BCUT2D eigenvalue weighted by atomic mass is 10.1. The maximum absolute atomic E-state index is 12.7. The van der Waals surface area contributed by atoms with Crippen molar-refractivity contribution in [3.8, 4) is 11.8 Å². The van der Waals surface area contributed by atoms with Crippen molar-refractivity contribution < 1.29 is 9.72 Å². The fourth-order valence-corrected chi connectivity index (χ4v) is 3.63. The molecule has 0 unspecified atom stereocenters. The standard InChI is InChI=1S/C24H22N4O3/c1-15-8-16(2)10-21(9-15)26-24(29)20(14-25)12-19-11-17(3)27(18(19)4)22-6-5-7-23(13-22)28(30)31/h5-13H,1-4H3,(H,26,29)/b20-12-. The highest BCUT2D eigenvalue weighted by Crippen LogP contribution is 2.25. The fraction of sp³-hybridized carbons (Fsp3) is 0.167. The van der Waals surface area contributed by atoms with Gasteiger partial charge in [-0.1, -0.05) is 12.1 Å². The van der Waals surface area contributed by atoms with Gasteiger partial charge in [0.15, 0.2) is 0 Å². The van der Waals surface area contributed by atoms with Gasteiger partial charge in [0.05, 0.1) is 10.6 Å². The number of rotatable bonds is 5. The molecule has 0 radical (unpaired) electrons. The largest absolute Gasteiger partial charge is 0.321 e. The maximum Gasteiger partial charge on any atom is 0.271 e. The van der Waals surface area contributed by atoms with Gasteiger partial charge in [-0.05, 0) is 74.7 Å². The van der Waals surface area contributed by atoms with E-state index in [-0.39, 0.29) is 11.3 Å². The number of nitriles is 1. The van der Waals surface area contributed by atoms with Gasteiger partial charge in [0.25, 0.3) is 11.6 Å². The fourth-order valence-electron chi connectivity index (χ4n) is 3.63. The van der Waals surface area contributed by atoms with Gasteiger partial charge in [-0.15, -0.1) is 0 Å². The molecule has 0 bridgehead atoms. The lowest BCUT2D eigenvalue weighted by molar-refractivity contribution is -0.384. The normalized spacial score (nSPS) is 11.1. The Bertz CT molecular complexity index is 1240. The van der Waals surface area contributed by atoms with Crippen LogP contribution in [0.15, 0.2) is 54.1 Å². The SMILES string of the molecule is Cc1cc(C)cc(NC(=O)/C(C#N)=C\c2cc(C)n(-c3cccc([N+](=O)[O-])c3)c2C)c1. The van der Waals surface area contributed by atoms with Crippen molar-refractivity contribution in [3.05, 3.63) is 92.3 Å². The van der Waals surface area contributed by atoms with Crippen molar-refractivity contribution in [1.29, 1.82) is 5.26 Å². The number of aryl methyl sites for hydroxylation is 3. The Hall–Kier alpha value is -4.18. The van der Waals surface area contributed by atoms with Crippen LogP contribution in [-0.2, 0) is 4.79 Å². The van der Waals surface area contributed by atoms with Crippen LogP contribution in [0, 0.1) is 49.1 Å². The monoisotopic (exact) mass is 414 g/mol. The molecule has 2 aromatic carbocycles. The van der Waals surface area contributed by atoms with E-state index in [4.69, 9.17) is 0 Å². The molecular weight excluding hydrogens is 392 g/mol. The number of carbonyl (C=O) groups excluding carboxylic acids is 1. The third-order valence-corrected chi connectivity index (χ3v) is 4.91. The van der Waals surface area contributed by atoms with Crippen LogP contribution in [0.2, 0.25) is 0 Å². The van der Waals surface area contributed by atoms with Crippen molar-refractivity contribution >= 4 is 23.4 Å². The third kappa shape index (κ3) is 4.70. The smallest absolute Gasteiger partial charge is 0.271 e. The van der Waals surface area contributed by atoms with Crippen LogP contribution in [-0.4, -0.2) is 15.4 Å². The van der Waals surface area contributed by atoms with Crippen molar-refractivity contribution in [3.63, 3.8) is 0 Å². The molecule has 1 N–H and O–H groups in total. The van der Waals surface area contributed by atoms with Crippen LogP contribution < -0.4 is 5.32 Å². The first kappa shape index (κ1) is 21.5. The van der Waals surface area contributed by atoms with Gasteiger partial charge in [-0.25, -0.2) is 0 Å². The summed E-state index contributed by atoms with van der Waals surface area (Å²) in [5.74, 6) is -0.493. The van der Waals surface area contributed by atoms with E-state index >= 15 is 0 Å². The van der Waals surface area contributed by atoms with E-state index in [1.807, 2.05) is 62.6 Å². The molecule has 7 nitrogen and oxygen atoms in total. The van der Waals surface area contributed by atoms with Crippen molar-refractivity contribution in [2.75, 3.05) is 5.32 Å². The van der Waals surface area contributed by atoms with Crippen LogP contribution in [0.25, 0.3) is 11.8 Å². The number of hydrogen-bond acceptors (Lipinski definition) is 4. The van der Waals surface area contributed by atoms with E-state index in [0.717, 1.165) is 22.5 Å². The summed E-state index contributed by atoms with van der Waals surface area (Å²) in [7, 11) is 0. The topological polar surface area (TPSA) is 101 Å². The molecule has 156 valence electrons. The summed E-state index contributed by atoms with van der Waals surface area (Å²) >= 11 is 0. The Kier molecular flexibility index (Phi) is 6.02. The lowest BCUT2D eigenvalue weighted by Crippen LogP contribution is -2.13. The summed E-state index contributed by atoms with van der Waals surface area (Å²) < 4.78 is 1.86. The number of nitro groups is 1. The van der Waals surface area contributed by atoms with E-state index in [0.29, 0.717) is 16.9 Å². The zero-order valence-corrected chi connectivity index (χ0v) is 17.8. The second kappa shape index (κ2) is 8.67. The van der Waals surface area contributed by atoms with Gasteiger partial charge in [-0.2, -0.15) is 5.26 Å². The van der Waals surface area contributed by atoms with Crippen LogP contribution in [0.5, 0.6) is 0 Å². The molecule has 0 aliphatic carbocycles. The summed E-state index contributed by atoms with van der Waals surface area (Å²) in [5, 5.41) is 23.5. The van der Waals surface area contributed by atoms with Crippen molar-refractivity contribution in [2.24, 2.45) is 0 Å². The highest BCUT2D eigenvalue weighted by molar-refractivity contribution is 6.09. The summed E-state index contributed by atoms with van der Waals surface area (Å²) in [5.41, 5.74) is 5.55. The Morgan fingerprint density at radius 3 is 2.39 bits per heavy atom. The molecule has 0 fully saturated rings. The quantitative estimate of drug-likeness (QED) is 0.269. The molecule has 0 saturated heterocycles. The number of nitro benzene ring substituents is 1. The van der Waals surface area contributed by atoms with Gasteiger partial charge in [0, 0.05) is 29.2 Å². The minimum atomic E-state index is -0.493. The Labute approximate surface area is 180 Å². The van der Waals surface area contributed by atoms with E-state index in [1.54, 1.807) is 12.1 Å². The average molecular weight is 414 g/mol. The molecule has 1 amide bonds. The van der Waals surface area contributed by atoms with Crippen LogP contribution in [0.3, 0.4) is 0 Å². The zero-order chi connectivity index (χ0) is 22.7. The van der Waals surface area contributed by atoms with Crippen LogP contribution >= 0.6 is 0 Å². The number of non-ortho nitro benzene ring substituents is 1. The van der Waals surface area contributed by atoms with E-state index in [1.165, 1.54) is 18.2 Å². The number of nitrogens with one attached hydrogen (secondary N) is 1.